The van der Waals surface area contributed by atoms with Crippen LogP contribution in [0.4, 0.5) is 5.69 Å². The van der Waals surface area contributed by atoms with Crippen LogP contribution < -0.4 is 5.32 Å². The minimum atomic E-state index is -0.0556. The van der Waals surface area contributed by atoms with Crippen molar-refractivity contribution in [2.45, 2.75) is 19.8 Å². The predicted molar refractivity (Wildman–Crippen MR) is 108 cm³/mol. The summed E-state index contributed by atoms with van der Waals surface area (Å²) in [6.07, 6.45) is 4.33. The molecule has 128 valence electrons. The highest BCUT2D eigenvalue weighted by molar-refractivity contribution is 5.95. The molecule has 0 aliphatic heterocycles. The van der Waals surface area contributed by atoms with E-state index in [-0.39, 0.29) is 5.91 Å². The van der Waals surface area contributed by atoms with Crippen molar-refractivity contribution in [1.29, 1.82) is 0 Å². The van der Waals surface area contributed by atoms with Crippen molar-refractivity contribution in [1.82, 2.24) is 0 Å². The van der Waals surface area contributed by atoms with E-state index in [9.17, 15) is 4.79 Å². The number of nitrogens with one attached hydrogen (secondary N) is 1. The van der Waals surface area contributed by atoms with E-state index in [1.165, 1.54) is 34.8 Å². The van der Waals surface area contributed by atoms with Gasteiger partial charge in [-0.1, -0.05) is 60.7 Å². The molecule has 3 aromatic rings. The molecule has 1 N–H and O–H groups in total. The summed E-state index contributed by atoms with van der Waals surface area (Å²) in [5.41, 5.74) is 8.50. The first-order chi connectivity index (χ1) is 12.7. The van der Waals surface area contributed by atoms with Crippen LogP contribution in [0.2, 0.25) is 0 Å². The summed E-state index contributed by atoms with van der Waals surface area (Å²) in [4.78, 5) is 11.4. The van der Waals surface area contributed by atoms with Crippen molar-refractivity contribution in [2.24, 2.45) is 0 Å². The smallest absolute Gasteiger partial charge is 0.221 e. The van der Waals surface area contributed by atoms with E-state index in [2.05, 4.69) is 66.0 Å². The van der Waals surface area contributed by atoms with Gasteiger partial charge >= 0.3 is 0 Å². The summed E-state index contributed by atoms with van der Waals surface area (Å²) in [7, 11) is 0. The quantitative estimate of drug-likeness (QED) is 0.671. The highest BCUT2D eigenvalue weighted by atomic mass is 16.1. The fraction of sp³-hybridized carbons (Fsp3) is 0.125. The number of rotatable bonds is 2. The van der Waals surface area contributed by atoms with Gasteiger partial charge in [-0.3, -0.25) is 4.79 Å². The van der Waals surface area contributed by atoms with Crippen LogP contribution in [0.5, 0.6) is 0 Å². The summed E-state index contributed by atoms with van der Waals surface area (Å²) in [6, 6.07) is 25.3. The summed E-state index contributed by atoms with van der Waals surface area (Å²) >= 11 is 0. The zero-order valence-electron chi connectivity index (χ0n) is 14.8. The molecule has 26 heavy (non-hydrogen) atoms. The van der Waals surface area contributed by atoms with Crippen molar-refractivity contribution < 1.29 is 4.79 Å². The molecule has 1 aliphatic carbocycles. The van der Waals surface area contributed by atoms with Crippen LogP contribution in [-0.2, 0) is 17.6 Å². The van der Waals surface area contributed by atoms with E-state index in [0.717, 1.165) is 24.1 Å². The fourth-order valence-corrected chi connectivity index (χ4v) is 3.65. The second kappa shape index (κ2) is 7.01. The third-order valence-corrected chi connectivity index (χ3v) is 4.80. The average Bonchev–Trinajstić information content (AvgIpc) is 2.80. The molecule has 1 amide bonds. The molecule has 0 spiro atoms. The number of anilines is 1. The number of benzene rings is 3. The molecule has 0 atom stereocenters. The predicted octanol–water partition coefficient (Wildman–Crippen LogP) is 5.33. The van der Waals surface area contributed by atoms with Crippen molar-refractivity contribution in [3.8, 4) is 0 Å². The second-order valence-corrected chi connectivity index (χ2v) is 6.68. The second-order valence-electron chi connectivity index (χ2n) is 6.68. The first-order valence-electron chi connectivity index (χ1n) is 8.96. The molecule has 0 saturated carbocycles. The zero-order chi connectivity index (χ0) is 17.9. The molecule has 0 aromatic heterocycles. The Kier molecular flexibility index (Phi) is 4.40. The molecule has 0 saturated heterocycles. The highest BCUT2D eigenvalue weighted by Gasteiger charge is 2.17. The molecule has 0 heterocycles. The third-order valence-electron chi connectivity index (χ3n) is 4.80. The lowest BCUT2D eigenvalue weighted by Crippen LogP contribution is -2.05. The Morgan fingerprint density at radius 3 is 2.08 bits per heavy atom. The normalized spacial score (nSPS) is 12.6. The zero-order valence-corrected chi connectivity index (χ0v) is 14.8. The maximum Gasteiger partial charge on any atom is 0.221 e. The molecule has 0 bridgehead atoms. The molecule has 1 aliphatic rings. The van der Waals surface area contributed by atoms with E-state index in [1.54, 1.807) is 0 Å². The van der Waals surface area contributed by atoms with E-state index < -0.39 is 0 Å². The van der Waals surface area contributed by atoms with Crippen molar-refractivity contribution >= 4 is 23.2 Å². The maximum atomic E-state index is 11.4. The highest BCUT2D eigenvalue weighted by Crippen LogP contribution is 2.35. The van der Waals surface area contributed by atoms with E-state index in [4.69, 9.17) is 0 Å². The molecule has 3 aromatic carbocycles. The van der Waals surface area contributed by atoms with Gasteiger partial charge < -0.3 is 5.32 Å². The van der Waals surface area contributed by atoms with Gasteiger partial charge in [-0.05, 0) is 64.4 Å². The number of amides is 1. The number of carbonyl (C=O) groups excluding carboxylic acids is 1. The Labute approximate surface area is 154 Å². The standard InChI is InChI=1S/C24H21NO/c1-17(26)25-21-10-6-7-18(15-21)16-24-22-11-4-2-8-19(22)13-14-20-9-3-5-12-23(20)24/h2-12,15-16H,13-14H2,1H3,(H,25,26). The van der Waals surface area contributed by atoms with Crippen LogP contribution >= 0.6 is 0 Å². The Morgan fingerprint density at radius 1 is 0.846 bits per heavy atom. The van der Waals surface area contributed by atoms with Gasteiger partial charge in [0.1, 0.15) is 0 Å². The van der Waals surface area contributed by atoms with Gasteiger partial charge in [-0.25, -0.2) is 0 Å². The van der Waals surface area contributed by atoms with Crippen LogP contribution in [-0.4, -0.2) is 5.91 Å². The first kappa shape index (κ1) is 16.3. The molecule has 0 fully saturated rings. The largest absolute Gasteiger partial charge is 0.326 e. The molecule has 4 rings (SSSR count). The van der Waals surface area contributed by atoms with Crippen LogP contribution in [0, 0.1) is 0 Å². The SMILES string of the molecule is CC(=O)Nc1cccc(C=C2c3ccccc3CCc3ccccc32)c1. The first-order valence-corrected chi connectivity index (χ1v) is 8.96. The van der Waals surface area contributed by atoms with Gasteiger partial charge in [0.25, 0.3) is 0 Å². The molecule has 0 unspecified atom stereocenters. The molecule has 2 nitrogen and oxygen atoms in total. The fourth-order valence-electron chi connectivity index (χ4n) is 3.65. The molecule has 2 heteroatoms. The number of aryl methyl sites for hydroxylation is 2. The Bertz CT molecular complexity index is 951. The summed E-state index contributed by atoms with van der Waals surface area (Å²) in [5.74, 6) is -0.0556. The van der Waals surface area contributed by atoms with Crippen molar-refractivity contribution in [3.63, 3.8) is 0 Å². The lowest BCUT2D eigenvalue weighted by atomic mass is 9.92. The maximum absolute atomic E-state index is 11.4. The molecular weight excluding hydrogens is 318 g/mol. The summed E-state index contributed by atoms with van der Waals surface area (Å²) in [5, 5.41) is 2.86. The average molecular weight is 339 g/mol. The topological polar surface area (TPSA) is 29.1 Å². The van der Waals surface area contributed by atoms with Crippen molar-refractivity contribution in [3.05, 3.63) is 101 Å². The third kappa shape index (κ3) is 3.31. The minimum Gasteiger partial charge on any atom is -0.326 e. The van der Waals surface area contributed by atoms with E-state index in [1.807, 2.05) is 18.2 Å². The van der Waals surface area contributed by atoms with E-state index in [0.29, 0.717) is 0 Å². The van der Waals surface area contributed by atoms with Crippen LogP contribution in [0.1, 0.15) is 34.7 Å². The molecular formula is C24H21NO. The number of fused-ring (bicyclic) bond motifs is 2. The van der Waals surface area contributed by atoms with Gasteiger partial charge in [0.05, 0.1) is 0 Å². The lowest BCUT2D eigenvalue weighted by molar-refractivity contribution is -0.114. The van der Waals surface area contributed by atoms with Gasteiger partial charge in [0.15, 0.2) is 0 Å². The van der Waals surface area contributed by atoms with E-state index >= 15 is 0 Å². The van der Waals surface area contributed by atoms with Crippen LogP contribution in [0.25, 0.3) is 11.6 Å². The Hall–Kier alpha value is -3.13. The summed E-state index contributed by atoms with van der Waals surface area (Å²) < 4.78 is 0. The molecule has 0 radical (unpaired) electrons. The van der Waals surface area contributed by atoms with Gasteiger partial charge in [-0.2, -0.15) is 0 Å². The minimum absolute atomic E-state index is 0.0556. The van der Waals surface area contributed by atoms with Crippen LogP contribution in [0.3, 0.4) is 0 Å². The van der Waals surface area contributed by atoms with Gasteiger partial charge in [0.2, 0.25) is 5.91 Å². The Morgan fingerprint density at radius 2 is 1.46 bits per heavy atom. The summed E-state index contributed by atoms with van der Waals surface area (Å²) in [6.45, 7) is 1.53. The lowest BCUT2D eigenvalue weighted by Gasteiger charge is -2.12. The number of carbonyl (C=O) groups is 1. The van der Waals surface area contributed by atoms with Gasteiger partial charge in [-0.15, -0.1) is 0 Å². The number of hydrogen-bond acceptors (Lipinski definition) is 1. The monoisotopic (exact) mass is 339 g/mol. The van der Waals surface area contributed by atoms with Crippen LogP contribution in [0.15, 0.2) is 72.8 Å². The van der Waals surface area contributed by atoms with Gasteiger partial charge in [0, 0.05) is 12.6 Å². The van der Waals surface area contributed by atoms with Crippen molar-refractivity contribution in [2.75, 3.05) is 5.32 Å². The Balaban J connectivity index is 1.87. The number of hydrogen-bond donors (Lipinski definition) is 1.